The van der Waals surface area contributed by atoms with Gasteiger partial charge in [0, 0.05) is 36.5 Å². The lowest BCUT2D eigenvalue weighted by atomic mass is 10.1. The van der Waals surface area contributed by atoms with E-state index in [1.807, 2.05) is 17.8 Å². The van der Waals surface area contributed by atoms with Gasteiger partial charge in [0.1, 0.15) is 17.1 Å². The molecule has 134 valence electrons. The van der Waals surface area contributed by atoms with Crippen LogP contribution in [0.25, 0.3) is 10.9 Å². The van der Waals surface area contributed by atoms with Gasteiger partial charge in [-0.25, -0.2) is 4.98 Å². The lowest BCUT2D eigenvalue weighted by Crippen LogP contribution is -2.34. The van der Waals surface area contributed by atoms with Gasteiger partial charge in [0.25, 0.3) is 5.91 Å². The fraction of sp³-hybridized carbons (Fsp3) is 0.316. The second-order valence-electron chi connectivity index (χ2n) is 6.63. The van der Waals surface area contributed by atoms with Crippen LogP contribution >= 0.6 is 0 Å². The molecule has 0 saturated heterocycles. The molecule has 1 unspecified atom stereocenters. The first-order valence-corrected chi connectivity index (χ1v) is 8.56. The number of nitrogens with zero attached hydrogens (tertiary/aromatic N) is 2. The summed E-state index contributed by atoms with van der Waals surface area (Å²) in [6, 6.07) is 4.98. The van der Waals surface area contributed by atoms with E-state index in [1.54, 1.807) is 31.5 Å². The standard InChI is InChI=1S/C19H20N4O3/c1-23-8-7-20-18(23)16(11-3-4-11)22-19(25)14-10-21-15-6-5-12(26-2)9-13(15)17(14)24/h5-11,16H,3-4H2,1-2H3,(H,21,24)(H,22,25). The largest absolute Gasteiger partial charge is 0.497 e. The Morgan fingerprint density at radius 2 is 2.23 bits per heavy atom. The zero-order chi connectivity index (χ0) is 18.3. The van der Waals surface area contributed by atoms with Crippen molar-refractivity contribution in [3.8, 4) is 5.75 Å². The van der Waals surface area contributed by atoms with E-state index in [4.69, 9.17) is 4.74 Å². The van der Waals surface area contributed by atoms with Crippen LogP contribution in [-0.2, 0) is 7.05 Å². The van der Waals surface area contributed by atoms with Gasteiger partial charge in [-0.2, -0.15) is 0 Å². The number of hydrogen-bond donors (Lipinski definition) is 2. The molecule has 7 nitrogen and oxygen atoms in total. The Balaban J connectivity index is 1.68. The molecule has 1 fully saturated rings. The van der Waals surface area contributed by atoms with Crippen molar-refractivity contribution in [3.05, 3.63) is 58.4 Å². The summed E-state index contributed by atoms with van der Waals surface area (Å²) >= 11 is 0. The molecule has 2 N–H and O–H groups in total. The van der Waals surface area contributed by atoms with Crippen molar-refractivity contribution >= 4 is 16.8 Å². The number of hydrogen-bond acceptors (Lipinski definition) is 4. The third-order valence-electron chi connectivity index (χ3n) is 4.85. The number of amides is 1. The lowest BCUT2D eigenvalue weighted by Gasteiger charge is -2.18. The van der Waals surface area contributed by atoms with E-state index in [1.165, 1.54) is 6.20 Å². The summed E-state index contributed by atoms with van der Waals surface area (Å²) in [5, 5.41) is 3.43. The summed E-state index contributed by atoms with van der Waals surface area (Å²) in [4.78, 5) is 33.0. The van der Waals surface area contributed by atoms with Gasteiger partial charge in [0.15, 0.2) is 0 Å². The maximum Gasteiger partial charge on any atom is 0.257 e. The molecule has 3 aromatic rings. The molecule has 7 heteroatoms. The SMILES string of the molecule is COc1ccc2[nH]cc(C(=O)NC(c3nccn3C)C3CC3)c(=O)c2c1. The topological polar surface area (TPSA) is 89.0 Å². The minimum absolute atomic E-state index is 0.0885. The number of aromatic nitrogens is 3. The molecular formula is C19H20N4O3. The van der Waals surface area contributed by atoms with Crippen molar-refractivity contribution in [3.63, 3.8) is 0 Å². The van der Waals surface area contributed by atoms with Gasteiger partial charge < -0.3 is 19.6 Å². The predicted octanol–water partition coefficient (Wildman–Crippen LogP) is 2.15. The summed E-state index contributed by atoms with van der Waals surface area (Å²) in [5.41, 5.74) is 0.436. The summed E-state index contributed by atoms with van der Waals surface area (Å²) < 4.78 is 7.08. The van der Waals surface area contributed by atoms with Crippen LogP contribution in [0.5, 0.6) is 5.75 Å². The number of carbonyl (C=O) groups excluding carboxylic acids is 1. The van der Waals surface area contributed by atoms with Crippen LogP contribution in [0.4, 0.5) is 0 Å². The number of nitrogens with one attached hydrogen (secondary N) is 2. The second-order valence-corrected chi connectivity index (χ2v) is 6.63. The average molecular weight is 352 g/mol. The van der Waals surface area contributed by atoms with Crippen LogP contribution in [0.1, 0.15) is 35.1 Å². The quantitative estimate of drug-likeness (QED) is 0.736. The molecule has 1 atom stereocenters. The molecule has 1 aliphatic rings. The Kier molecular flexibility index (Phi) is 3.99. The maximum absolute atomic E-state index is 12.8. The van der Waals surface area contributed by atoms with Crippen LogP contribution in [0, 0.1) is 5.92 Å². The van der Waals surface area contributed by atoms with Crippen LogP contribution in [0.15, 0.2) is 41.6 Å². The van der Waals surface area contributed by atoms with Gasteiger partial charge >= 0.3 is 0 Å². The molecule has 2 aromatic heterocycles. The number of benzene rings is 1. The lowest BCUT2D eigenvalue weighted by molar-refractivity contribution is 0.0927. The molecule has 1 aromatic carbocycles. The zero-order valence-corrected chi connectivity index (χ0v) is 14.7. The van der Waals surface area contributed by atoms with Gasteiger partial charge in [-0.15, -0.1) is 0 Å². The van der Waals surface area contributed by atoms with Gasteiger partial charge in [-0.1, -0.05) is 0 Å². The van der Waals surface area contributed by atoms with Crippen molar-refractivity contribution in [1.82, 2.24) is 19.9 Å². The van der Waals surface area contributed by atoms with E-state index in [0.717, 1.165) is 18.7 Å². The van der Waals surface area contributed by atoms with Crippen molar-refractivity contribution in [2.24, 2.45) is 13.0 Å². The Hall–Kier alpha value is -3.09. The first kappa shape index (κ1) is 16.4. The smallest absolute Gasteiger partial charge is 0.257 e. The summed E-state index contributed by atoms with van der Waals surface area (Å²) in [6.07, 6.45) is 7.12. The highest BCUT2D eigenvalue weighted by Gasteiger charge is 2.36. The fourth-order valence-corrected chi connectivity index (χ4v) is 3.21. The number of aryl methyl sites for hydroxylation is 1. The Morgan fingerprint density at radius 3 is 2.88 bits per heavy atom. The molecule has 2 heterocycles. The van der Waals surface area contributed by atoms with Crippen molar-refractivity contribution in [2.45, 2.75) is 18.9 Å². The first-order chi connectivity index (χ1) is 12.6. The molecule has 0 bridgehead atoms. The van der Waals surface area contributed by atoms with Gasteiger partial charge in [0.2, 0.25) is 5.43 Å². The van der Waals surface area contributed by atoms with E-state index in [2.05, 4.69) is 15.3 Å². The number of fused-ring (bicyclic) bond motifs is 1. The molecule has 26 heavy (non-hydrogen) atoms. The van der Waals surface area contributed by atoms with Crippen LogP contribution in [0.2, 0.25) is 0 Å². The number of aromatic amines is 1. The zero-order valence-electron chi connectivity index (χ0n) is 14.7. The molecule has 0 aliphatic heterocycles. The number of ether oxygens (including phenoxy) is 1. The van der Waals surface area contributed by atoms with Crippen molar-refractivity contribution in [2.75, 3.05) is 7.11 Å². The average Bonchev–Trinajstić information content (AvgIpc) is 3.41. The molecule has 0 spiro atoms. The van der Waals surface area contributed by atoms with E-state index in [-0.39, 0.29) is 17.0 Å². The minimum atomic E-state index is -0.393. The Morgan fingerprint density at radius 1 is 1.42 bits per heavy atom. The second kappa shape index (κ2) is 6.33. The van der Waals surface area contributed by atoms with Crippen LogP contribution < -0.4 is 15.5 Å². The van der Waals surface area contributed by atoms with Gasteiger partial charge in [0.05, 0.1) is 13.2 Å². The highest BCUT2D eigenvalue weighted by molar-refractivity contribution is 5.97. The Bertz CT molecular complexity index is 1030. The number of methoxy groups -OCH3 is 1. The van der Waals surface area contributed by atoms with E-state index >= 15 is 0 Å². The molecule has 1 saturated carbocycles. The molecule has 4 rings (SSSR count). The van der Waals surface area contributed by atoms with E-state index < -0.39 is 5.91 Å². The molecule has 1 amide bonds. The monoisotopic (exact) mass is 352 g/mol. The van der Waals surface area contributed by atoms with E-state index in [0.29, 0.717) is 22.6 Å². The first-order valence-electron chi connectivity index (χ1n) is 8.56. The summed E-state index contributed by atoms with van der Waals surface area (Å²) in [6.45, 7) is 0. The maximum atomic E-state index is 12.8. The number of rotatable bonds is 5. The normalized spacial score (nSPS) is 15.0. The third kappa shape index (κ3) is 2.85. The predicted molar refractivity (Wildman–Crippen MR) is 97.3 cm³/mol. The highest BCUT2D eigenvalue weighted by Crippen LogP contribution is 2.40. The molecule has 0 radical (unpaired) electrons. The number of imidazole rings is 1. The van der Waals surface area contributed by atoms with Crippen LogP contribution in [-0.4, -0.2) is 27.6 Å². The Labute approximate surface area is 150 Å². The molecular weight excluding hydrogens is 332 g/mol. The minimum Gasteiger partial charge on any atom is -0.497 e. The number of pyridine rings is 1. The number of carbonyl (C=O) groups is 1. The highest BCUT2D eigenvalue weighted by atomic mass is 16.5. The van der Waals surface area contributed by atoms with Crippen molar-refractivity contribution in [1.29, 1.82) is 0 Å². The van der Waals surface area contributed by atoms with Crippen molar-refractivity contribution < 1.29 is 9.53 Å². The number of H-pyrrole nitrogens is 1. The van der Waals surface area contributed by atoms with Gasteiger partial charge in [-0.3, -0.25) is 9.59 Å². The summed E-state index contributed by atoms with van der Waals surface area (Å²) in [5.74, 6) is 1.35. The van der Waals surface area contributed by atoms with Gasteiger partial charge in [-0.05, 0) is 37.0 Å². The fourth-order valence-electron chi connectivity index (χ4n) is 3.21. The van der Waals surface area contributed by atoms with E-state index in [9.17, 15) is 9.59 Å². The third-order valence-corrected chi connectivity index (χ3v) is 4.85. The molecule has 1 aliphatic carbocycles. The van der Waals surface area contributed by atoms with Crippen LogP contribution in [0.3, 0.4) is 0 Å². The summed E-state index contributed by atoms with van der Waals surface area (Å²) in [7, 11) is 3.44.